The van der Waals surface area contributed by atoms with Crippen molar-refractivity contribution in [1.29, 1.82) is 0 Å². The second-order valence-corrected chi connectivity index (χ2v) is 7.02. The van der Waals surface area contributed by atoms with E-state index in [9.17, 15) is 0 Å². The summed E-state index contributed by atoms with van der Waals surface area (Å²) >= 11 is 0. The Morgan fingerprint density at radius 2 is 2.07 bits per heavy atom. The molecule has 1 saturated carbocycles. The Labute approximate surface area is 170 Å². The maximum atomic E-state index is 8.36. The monoisotopic (exact) mass is 404 g/mol. The summed E-state index contributed by atoms with van der Waals surface area (Å²) in [7, 11) is 1.67. The Kier molecular flexibility index (Phi) is 7.89. The smallest absolute Gasteiger partial charge is 0.290 e. The second-order valence-electron chi connectivity index (χ2n) is 7.02. The molecule has 0 radical (unpaired) electrons. The molecular formula is C21H28N2O6. The molecule has 2 heterocycles. The molecule has 8 heteroatoms. The van der Waals surface area contributed by atoms with E-state index in [-0.39, 0.29) is 6.47 Å². The third kappa shape index (κ3) is 5.95. The summed E-state index contributed by atoms with van der Waals surface area (Å²) in [5.74, 6) is 3.00. The van der Waals surface area contributed by atoms with E-state index in [0.29, 0.717) is 6.61 Å². The first-order valence-electron chi connectivity index (χ1n) is 9.87. The quantitative estimate of drug-likeness (QED) is 0.671. The van der Waals surface area contributed by atoms with Gasteiger partial charge in [-0.25, -0.2) is 4.98 Å². The first-order valence-corrected chi connectivity index (χ1v) is 9.87. The van der Waals surface area contributed by atoms with Crippen LogP contribution in [0.4, 0.5) is 0 Å². The molecule has 8 nitrogen and oxygen atoms in total. The van der Waals surface area contributed by atoms with Crippen LogP contribution in [-0.4, -0.2) is 68.0 Å². The summed E-state index contributed by atoms with van der Waals surface area (Å²) < 4.78 is 22.8. The molecule has 0 atom stereocenters. The number of methoxy groups -OCH3 is 1. The van der Waals surface area contributed by atoms with Gasteiger partial charge in [-0.2, -0.15) is 0 Å². The van der Waals surface area contributed by atoms with E-state index in [1.54, 1.807) is 7.11 Å². The number of hydrogen-bond donors (Lipinski definition) is 1. The molecule has 2 aromatic rings. The van der Waals surface area contributed by atoms with Crippen molar-refractivity contribution in [2.75, 3.05) is 46.6 Å². The minimum Gasteiger partial charge on any atom is -0.493 e. The molecule has 158 valence electrons. The van der Waals surface area contributed by atoms with E-state index < -0.39 is 0 Å². The van der Waals surface area contributed by atoms with Crippen LogP contribution in [0.25, 0.3) is 11.3 Å². The third-order valence-corrected chi connectivity index (χ3v) is 5.02. The fourth-order valence-corrected chi connectivity index (χ4v) is 3.33. The minimum absolute atomic E-state index is 0.250. The lowest BCUT2D eigenvalue weighted by atomic mass is 10.1. The molecule has 0 unspecified atom stereocenters. The lowest BCUT2D eigenvalue weighted by molar-refractivity contribution is -0.122. The maximum absolute atomic E-state index is 8.36. The van der Waals surface area contributed by atoms with Crippen molar-refractivity contribution in [2.45, 2.75) is 19.3 Å². The topological polar surface area (TPSA) is 94.3 Å². The van der Waals surface area contributed by atoms with Gasteiger partial charge in [-0.1, -0.05) is 6.07 Å². The number of oxazole rings is 1. The Hall–Kier alpha value is -2.58. The predicted molar refractivity (Wildman–Crippen MR) is 106 cm³/mol. The summed E-state index contributed by atoms with van der Waals surface area (Å²) in [6.07, 6.45) is 5.07. The van der Waals surface area contributed by atoms with E-state index in [1.165, 1.54) is 19.2 Å². The molecule has 2 aliphatic rings. The van der Waals surface area contributed by atoms with Gasteiger partial charge in [-0.15, -0.1) is 0 Å². The number of ether oxygens (including phenoxy) is 3. The lowest BCUT2D eigenvalue weighted by Crippen LogP contribution is -2.38. The van der Waals surface area contributed by atoms with E-state index in [0.717, 1.165) is 73.7 Å². The zero-order valence-electron chi connectivity index (χ0n) is 16.7. The normalized spacial score (nSPS) is 16.6. The first-order chi connectivity index (χ1) is 14.3. The Balaban J connectivity index is 0.000000755. The average molecular weight is 404 g/mol. The molecule has 29 heavy (non-hydrogen) atoms. The first kappa shape index (κ1) is 21.1. The highest BCUT2D eigenvalue weighted by atomic mass is 16.5. The number of carbonyl (C=O) groups is 1. The van der Waals surface area contributed by atoms with Crippen LogP contribution in [0.2, 0.25) is 0 Å². The van der Waals surface area contributed by atoms with Gasteiger partial charge in [0.05, 0.1) is 31.6 Å². The Morgan fingerprint density at radius 3 is 2.76 bits per heavy atom. The van der Waals surface area contributed by atoms with E-state index in [4.69, 9.17) is 28.5 Å². The van der Waals surface area contributed by atoms with Crippen LogP contribution in [0, 0.1) is 5.92 Å². The number of rotatable bonds is 8. The molecule has 2 fully saturated rings. The van der Waals surface area contributed by atoms with Gasteiger partial charge in [0, 0.05) is 19.6 Å². The van der Waals surface area contributed by atoms with Crippen LogP contribution in [0.15, 0.2) is 29.0 Å². The third-order valence-electron chi connectivity index (χ3n) is 5.02. The van der Waals surface area contributed by atoms with Gasteiger partial charge in [-0.3, -0.25) is 9.69 Å². The minimum atomic E-state index is -0.250. The molecular weight excluding hydrogens is 376 g/mol. The van der Waals surface area contributed by atoms with Crippen molar-refractivity contribution in [3.63, 3.8) is 0 Å². The summed E-state index contributed by atoms with van der Waals surface area (Å²) in [6.45, 7) is 4.71. The van der Waals surface area contributed by atoms with Gasteiger partial charge in [0.1, 0.15) is 6.61 Å². The van der Waals surface area contributed by atoms with Crippen LogP contribution >= 0.6 is 0 Å². The van der Waals surface area contributed by atoms with Crippen LogP contribution in [-0.2, 0) is 16.0 Å². The highest BCUT2D eigenvalue weighted by Gasteiger charge is 2.26. The summed E-state index contributed by atoms with van der Waals surface area (Å²) in [5, 5.41) is 6.89. The fourth-order valence-electron chi connectivity index (χ4n) is 3.33. The number of morpholine rings is 1. The number of nitrogens with zero attached hydrogens (tertiary/aromatic N) is 2. The highest BCUT2D eigenvalue weighted by Crippen LogP contribution is 2.41. The summed E-state index contributed by atoms with van der Waals surface area (Å²) in [6, 6.07) is 5.90. The van der Waals surface area contributed by atoms with Crippen molar-refractivity contribution in [3.05, 3.63) is 30.3 Å². The molecule has 1 aromatic heterocycles. The van der Waals surface area contributed by atoms with E-state index in [2.05, 4.69) is 9.88 Å². The maximum Gasteiger partial charge on any atom is 0.290 e. The zero-order chi connectivity index (χ0) is 20.5. The summed E-state index contributed by atoms with van der Waals surface area (Å²) in [5.41, 5.74) is 1.93. The largest absolute Gasteiger partial charge is 0.493 e. The highest BCUT2D eigenvalue weighted by molar-refractivity contribution is 5.71. The molecule has 1 aliphatic carbocycles. The number of benzene rings is 1. The molecule has 4 rings (SSSR count). The molecule has 1 N–H and O–H groups in total. The van der Waals surface area contributed by atoms with Crippen LogP contribution < -0.4 is 9.47 Å². The van der Waals surface area contributed by atoms with Crippen molar-refractivity contribution < 1.29 is 28.5 Å². The molecule has 1 aliphatic heterocycles. The number of aromatic nitrogens is 1. The van der Waals surface area contributed by atoms with Gasteiger partial charge in [0.15, 0.2) is 23.7 Å². The van der Waals surface area contributed by atoms with Gasteiger partial charge >= 0.3 is 0 Å². The second kappa shape index (κ2) is 10.8. The molecule has 0 bridgehead atoms. The lowest BCUT2D eigenvalue weighted by Gasteiger charge is -2.26. The van der Waals surface area contributed by atoms with Gasteiger partial charge in [-0.05, 0) is 37.3 Å². The number of carboxylic acid groups (broad SMARTS) is 1. The summed E-state index contributed by atoms with van der Waals surface area (Å²) in [4.78, 5) is 15.2. The predicted octanol–water partition coefficient (Wildman–Crippen LogP) is 2.71. The standard InChI is InChI=1S/C20H26N2O4.CH2O2/c1-23-18-4-2-3-16(19-17(21-14-26-19)13-15-5-6-15)20(18)25-12-9-22-7-10-24-11-8-22;2-1-3/h2-4,14-15H,5-13H2,1H3;1H,(H,2,3). The number of hydrogen-bond acceptors (Lipinski definition) is 7. The Bertz CT molecular complexity index is 768. The fraction of sp³-hybridized carbons (Fsp3) is 0.524. The van der Waals surface area contributed by atoms with Crippen molar-refractivity contribution in [1.82, 2.24) is 9.88 Å². The SMILES string of the molecule is COc1cccc(-c2ocnc2CC2CC2)c1OCCN1CCOCC1.O=CO. The van der Waals surface area contributed by atoms with Crippen LogP contribution in [0.5, 0.6) is 11.5 Å². The van der Waals surface area contributed by atoms with Gasteiger partial charge in [0.25, 0.3) is 6.47 Å². The van der Waals surface area contributed by atoms with Crippen LogP contribution in [0.3, 0.4) is 0 Å². The van der Waals surface area contributed by atoms with Gasteiger partial charge in [0.2, 0.25) is 0 Å². The number of para-hydroxylation sites is 1. The molecule has 1 aromatic carbocycles. The van der Waals surface area contributed by atoms with E-state index >= 15 is 0 Å². The van der Waals surface area contributed by atoms with Crippen molar-refractivity contribution in [3.8, 4) is 22.8 Å². The zero-order valence-corrected chi connectivity index (χ0v) is 16.7. The van der Waals surface area contributed by atoms with Crippen molar-refractivity contribution >= 4 is 6.47 Å². The van der Waals surface area contributed by atoms with E-state index in [1.807, 2.05) is 18.2 Å². The molecule has 0 amide bonds. The van der Waals surface area contributed by atoms with Crippen molar-refractivity contribution in [2.24, 2.45) is 5.92 Å². The molecule has 0 spiro atoms. The van der Waals surface area contributed by atoms with Crippen LogP contribution in [0.1, 0.15) is 18.5 Å². The molecule has 1 saturated heterocycles. The average Bonchev–Trinajstić information content (AvgIpc) is 3.45. The van der Waals surface area contributed by atoms with Gasteiger partial charge < -0.3 is 23.7 Å². The Morgan fingerprint density at radius 1 is 1.31 bits per heavy atom.